The Balaban J connectivity index is 2.06. The van der Waals surface area contributed by atoms with Crippen LogP contribution in [-0.4, -0.2) is 18.7 Å². The van der Waals surface area contributed by atoms with E-state index in [4.69, 9.17) is 4.74 Å². The summed E-state index contributed by atoms with van der Waals surface area (Å²) in [5.74, 6) is 0.451. The molecule has 0 aliphatic heterocycles. The number of hydrazone groups is 1. The highest BCUT2D eigenvalue weighted by atomic mass is 79.9. The van der Waals surface area contributed by atoms with Crippen LogP contribution < -0.4 is 10.2 Å². The molecule has 5 heteroatoms. The number of methoxy groups -OCH3 is 1. The summed E-state index contributed by atoms with van der Waals surface area (Å²) in [5, 5.41) is 4.12. The van der Waals surface area contributed by atoms with Crippen molar-refractivity contribution < 1.29 is 9.53 Å². The standard InChI is InChI=1S/C16H15BrN2O2/c1-11(13-4-3-5-14(17)10-13)18-19-16(20)12-6-8-15(21-2)9-7-12/h3-10H,1-2H3,(H,19,20). The van der Waals surface area contributed by atoms with E-state index in [1.807, 2.05) is 31.2 Å². The van der Waals surface area contributed by atoms with Crippen molar-refractivity contribution in [1.82, 2.24) is 5.43 Å². The van der Waals surface area contributed by atoms with E-state index in [-0.39, 0.29) is 5.91 Å². The highest BCUT2D eigenvalue weighted by Gasteiger charge is 2.05. The van der Waals surface area contributed by atoms with Gasteiger partial charge < -0.3 is 4.74 Å². The van der Waals surface area contributed by atoms with Crippen LogP contribution >= 0.6 is 15.9 Å². The number of carbonyl (C=O) groups excluding carboxylic acids is 1. The molecule has 0 aliphatic carbocycles. The van der Waals surface area contributed by atoms with Crippen molar-refractivity contribution in [2.24, 2.45) is 5.10 Å². The highest BCUT2D eigenvalue weighted by Crippen LogP contribution is 2.13. The lowest BCUT2D eigenvalue weighted by molar-refractivity contribution is 0.0955. The summed E-state index contributed by atoms with van der Waals surface area (Å²) in [6.07, 6.45) is 0. The van der Waals surface area contributed by atoms with Gasteiger partial charge in [0.05, 0.1) is 12.8 Å². The lowest BCUT2D eigenvalue weighted by atomic mass is 10.1. The van der Waals surface area contributed by atoms with Crippen LogP contribution in [0.5, 0.6) is 5.75 Å². The smallest absolute Gasteiger partial charge is 0.271 e. The van der Waals surface area contributed by atoms with E-state index in [1.54, 1.807) is 31.4 Å². The normalized spacial score (nSPS) is 11.1. The molecule has 0 atom stereocenters. The van der Waals surface area contributed by atoms with Gasteiger partial charge in [0.25, 0.3) is 5.91 Å². The number of nitrogens with zero attached hydrogens (tertiary/aromatic N) is 1. The third-order valence-corrected chi connectivity index (χ3v) is 3.41. The Labute approximate surface area is 132 Å². The maximum Gasteiger partial charge on any atom is 0.271 e. The van der Waals surface area contributed by atoms with Crippen molar-refractivity contribution in [2.45, 2.75) is 6.92 Å². The number of amides is 1. The van der Waals surface area contributed by atoms with Gasteiger partial charge in [0.1, 0.15) is 5.75 Å². The molecule has 0 fully saturated rings. The second-order valence-electron chi connectivity index (χ2n) is 4.38. The third-order valence-electron chi connectivity index (χ3n) is 2.92. The number of benzene rings is 2. The van der Waals surface area contributed by atoms with E-state index in [0.29, 0.717) is 11.3 Å². The molecule has 0 bridgehead atoms. The van der Waals surface area contributed by atoms with Gasteiger partial charge in [-0.25, -0.2) is 5.43 Å². The fourth-order valence-electron chi connectivity index (χ4n) is 1.72. The molecule has 1 amide bonds. The number of ether oxygens (including phenoxy) is 1. The molecule has 0 radical (unpaired) electrons. The molecule has 0 unspecified atom stereocenters. The summed E-state index contributed by atoms with van der Waals surface area (Å²) in [5.41, 5.74) is 4.75. The average Bonchev–Trinajstić information content (AvgIpc) is 2.52. The SMILES string of the molecule is COc1ccc(C(=O)NN=C(C)c2cccc(Br)c2)cc1. The first kappa shape index (κ1) is 15.3. The molecule has 0 spiro atoms. The molecule has 108 valence electrons. The molecule has 0 aromatic heterocycles. The number of hydrogen-bond acceptors (Lipinski definition) is 3. The zero-order chi connectivity index (χ0) is 15.2. The number of rotatable bonds is 4. The maximum absolute atomic E-state index is 12.0. The summed E-state index contributed by atoms with van der Waals surface area (Å²) in [4.78, 5) is 12.0. The Morgan fingerprint density at radius 2 is 1.86 bits per heavy atom. The Bertz CT molecular complexity index is 666. The van der Waals surface area contributed by atoms with Gasteiger partial charge in [-0.15, -0.1) is 0 Å². The van der Waals surface area contributed by atoms with Gasteiger partial charge in [0, 0.05) is 10.0 Å². The van der Waals surface area contributed by atoms with Crippen molar-refractivity contribution in [2.75, 3.05) is 7.11 Å². The van der Waals surface area contributed by atoms with Crippen molar-refractivity contribution in [1.29, 1.82) is 0 Å². The summed E-state index contributed by atoms with van der Waals surface area (Å²) in [7, 11) is 1.58. The van der Waals surface area contributed by atoms with Gasteiger partial charge in [0.2, 0.25) is 0 Å². The van der Waals surface area contributed by atoms with E-state index >= 15 is 0 Å². The summed E-state index contributed by atoms with van der Waals surface area (Å²) < 4.78 is 6.02. The van der Waals surface area contributed by atoms with Crippen LogP contribution in [0.4, 0.5) is 0 Å². The molecule has 2 rings (SSSR count). The predicted molar refractivity (Wildman–Crippen MR) is 86.8 cm³/mol. The second-order valence-corrected chi connectivity index (χ2v) is 5.29. The lowest BCUT2D eigenvalue weighted by Crippen LogP contribution is -2.19. The first-order valence-corrected chi connectivity index (χ1v) is 7.14. The van der Waals surface area contributed by atoms with Crippen molar-refractivity contribution in [3.05, 3.63) is 64.1 Å². The van der Waals surface area contributed by atoms with Crippen LogP contribution in [0.1, 0.15) is 22.8 Å². The average molecular weight is 347 g/mol. The van der Waals surface area contributed by atoms with E-state index < -0.39 is 0 Å². The quantitative estimate of drug-likeness (QED) is 0.679. The zero-order valence-corrected chi connectivity index (χ0v) is 13.3. The van der Waals surface area contributed by atoms with Crippen LogP contribution in [0.15, 0.2) is 58.1 Å². The molecule has 4 nitrogen and oxygen atoms in total. The molecule has 21 heavy (non-hydrogen) atoms. The van der Waals surface area contributed by atoms with Gasteiger partial charge in [-0.3, -0.25) is 4.79 Å². The Kier molecular flexibility index (Phi) is 5.11. The number of carbonyl (C=O) groups is 1. The van der Waals surface area contributed by atoms with Crippen LogP contribution in [0.2, 0.25) is 0 Å². The summed E-state index contributed by atoms with van der Waals surface area (Å²) in [6, 6.07) is 14.6. The van der Waals surface area contributed by atoms with Crippen LogP contribution in [-0.2, 0) is 0 Å². The zero-order valence-electron chi connectivity index (χ0n) is 11.8. The Hall–Kier alpha value is -2.14. The summed E-state index contributed by atoms with van der Waals surface area (Å²) in [6.45, 7) is 1.84. The Morgan fingerprint density at radius 3 is 2.48 bits per heavy atom. The fraction of sp³-hybridized carbons (Fsp3) is 0.125. The third kappa shape index (κ3) is 4.16. The molecule has 0 aliphatic rings. The largest absolute Gasteiger partial charge is 0.497 e. The first-order valence-electron chi connectivity index (χ1n) is 6.35. The number of hydrogen-bond donors (Lipinski definition) is 1. The van der Waals surface area contributed by atoms with Gasteiger partial charge in [0.15, 0.2) is 0 Å². The molecule has 1 N–H and O–H groups in total. The molecule has 2 aromatic carbocycles. The molecule has 0 saturated carbocycles. The second kappa shape index (κ2) is 7.04. The van der Waals surface area contributed by atoms with Gasteiger partial charge in [-0.1, -0.05) is 28.1 Å². The molecular weight excluding hydrogens is 332 g/mol. The van der Waals surface area contributed by atoms with E-state index in [1.165, 1.54) is 0 Å². The molecule has 0 heterocycles. The van der Waals surface area contributed by atoms with Gasteiger partial charge in [-0.2, -0.15) is 5.10 Å². The fourth-order valence-corrected chi connectivity index (χ4v) is 2.12. The lowest BCUT2D eigenvalue weighted by Gasteiger charge is -2.04. The van der Waals surface area contributed by atoms with E-state index in [2.05, 4.69) is 26.5 Å². The highest BCUT2D eigenvalue weighted by molar-refractivity contribution is 9.10. The van der Waals surface area contributed by atoms with Crippen molar-refractivity contribution in [3.8, 4) is 5.75 Å². The van der Waals surface area contributed by atoms with E-state index in [9.17, 15) is 4.79 Å². The maximum atomic E-state index is 12.0. The molecule has 0 saturated heterocycles. The van der Waals surface area contributed by atoms with Gasteiger partial charge >= 0.3 is 0 Å². The minimum absolute atomic E-state index is 0.257. The minimum Gasteiger partial charge on any atom is -0.497 e. The predicted octanol–water partition coefficient (Wildman–Crippen LogP) is 3.61. The van der Waals surface area contributed by atoms with Crippen molar-refractivity contribution >= 4 is 27.5 Å². The van der Waals surface area contributed by atoms with Crippen molar-refractivity contribution in [3.63, 3.8) is 0 Å². The summed E-state index contributed by atoms with van der Waals surface area (Å²) >= 11 is 3.41. The topological polar surface area (TPSA) is 50.7 Å². The van der Waals surface area contributed by atoms with Crippen LogP contribution in [0.3, 0.4) is 0 Å². The molecule has 2 aromatic rings. The van der Waals surface area contributed by atoms with E-state index in [0.717, 1.165) is 15.7 Å². The van der Waals surface area contributed by atoms with Crippen LogP contribution in [0, 0.1) is 0 Å². The number of halogens is 1. The Morgan fingerprint density at radius 1 is 1.14 bits per heavy atom. The molecular formula is C16H15BrN2O2. The van der Waals surface area contributed by atoms with Crippen LogP contribution in [0.25, 0.3) is 0 Å². The first-order chi connectivity index (χ1) is 10.1. The minimum atomic E-state index is -0.257. The number of nitrogens with one attached hydrogen (secondary N) is 1. The van der Waals surface area contributed by atoms with Gasteiger partial charge in [-0.05, 0) is 48.9 Å². The monoisotopic (exact) mass is 346 g/mol.